The third-order valence-electron chi connectivity index (χ3n) is 7.12. The van der Waals surface area contributed by atoms with Crippen LogP contribution in [-0.2, 0) is 26.8 Å². The standard InChI is InChI=1S/C34H35NO3/c1-33(2,3)26-21-19-25(20-22-26)23-30(32(37)38)35-31(36)24-34(27-13-7-4-8-14-27,28-15-9-5-10-16-28)29-17-11-6-12-18-29/h4-22,30H,23-24H2,1-3H3,(H,35,36)(H,37,38)/t30-/m0/s1. The second-order valence-electron chi connectivity index (χ2n) is 10.8. The van der Waals surface area contributed by atoms with Gasteiger partial charge in [0.25, 0.3) is 0 Å². The van der Waals surface area contributed by atoms with Crippen LogP contribution in [0.25, 0.3) is 0 Å². The van der Waals surface area contributed by atoms with Crippen molar-refractivity contribution < 1.29 is 14.7 Å². The molecule has 4 aromatic carbocycles. The molecule has 38 heavy (non-hydrogen) atoms. The van der Waals surface area contributed by atoms with E-state index in [2.05, 4.69) is 26.1 Å². The van der Waals surface area contributed by atoms with E-state index in [1.54, 1.807) is 0 Å². The summed E-state index contributed by atoms with van der Waals surface area (Å²) in [6.45, 7) is 6.42. The molecule has 4 nitrogen and oxygen atoms in total. The maximum Gasteiger partial charge on any atom is 0.326 e. The zero-order valence-electron chi connectivity index (χ0n) is 22.2. The molecule has 0 bridgehead atoms. The van der Waals surface area contributed by atoms with Crippen LogP contribution in [0.1, 0.15) is 55.0 Å². The van der Waals surface area contributed by atoms with E-state index in [1.165, 1.54) is 5.56 Å². The quantitative estimate of drug-likeness (QED) is 0.255. The van der Waals surface area contributed by atoms with E-state index in [4.69, 9.17) is 0 Å². The van der Waals surface area contributed by atoms with Crippen LogP contribution >= 0.6 is 0 Å². The van der Waals surface area contributed by atoms with Crippen LogP contribution in [0.15, 0.2) is 115 Å². The fourth-order valence-corrected chi connectivity index (χ4v) is 5.04. The summed E-state index contributed by atoms with van der Waals surface area (Å²) >= 11 is 0. The average molecular weight is 506 g/mol. The first-order valence-electron chi connectivity index (χ1n) is 13.0. The fraction of sp³-hybridized carbons (Fsp3) is 0.235. The Labute approximate surface area is 225 Å². The summed E-state index contributed by atoms with van der Waals surface area (Å²) < 4.78 is 0. The summed E-state index contributed by atoms with van der Waals surface area (Å²) in [4.78, 5) is 25.9. The minimum Gasteiger partial charge on any atom is -0.480 e. The third-order valence-corrected chi connectivity index (χ3v) is 7.12. The van der Waals surface area contributed by atoms with Gasteiger partial charge in [-0.25, -0.2) is 4.79 Å². The molecule has 0 unspecified atom stereocenters. The Hall–Kier alpha value is -4.18. The topological polar surface area (TPSA) is 66.4 Å². The highest BCUT2D eigenvalue weighted by molar-refractivity contribution is 5.85. The largest absolute Gasteiger partial charge is 0.480 e. The third kappa shape index (κ3) is 6.03. The first-order valence-corrected chi connectivity index (χ1v) is 13.0. The first kappa shape index (κ1) is 26.9. The maximum atomic E-state index is 13.7. The van der Waals surface area contributed by atoms with Crippen LogP contribution in [0.3, 0.4) is 0 Å². The minimum atomic E-state index is -1.05. The molecule has 4 aromatic rings. The summed E-state index contributed by atoms with van der Waals surface area (Å²) in [7, 11) is 0. The number of rotatable bonds is 9. The highest BCUT2D eigenvalue weighted by Gasteiger charge is 2.39. The van der Waals surface area contributed by atoms with Crippen LogP contribution in [0, 0.1) is 0 Å². The van der Waals surface area contributed by atoms with Crippen molar-refractivity contribution in [2.75, 3.05) is 0 Å². The van der Waals surface area contributed by atoms with Gasteiger partial charge < -0.3 is 10.4 Å². The van der Waals surface area contributed by atoms with Crippen molar-refractivity contribution in [3.63, 3.8) is 0 Å². The van der Waals surface area contributed by atoms with Gasteiger partial charge in [0, 0.05) is 12.8 Å². The van der Waals surface area contributed by atoms with Crippen molar-refractivity contribution in [3.05, 3.63) is 143 Å². The van der Waals surface area contributed by atoms with Gasteiger partial charge in [0.2, 0.25) is 5.91 Å². The fourth-order valence-electron chi connectivity index (χ4n) is 5.04. The van der Waals surface area contributed by atoms with Crippen LogP contribution in [-0.4, -0.2) is 23.0 Å². The lowest BCUT2D eigenvalue weighted by Crippen LogP contribution is -2.45. The Balaban J connectivity index is 1.67. The Morgan fingerprint density at radius 1 is 0.658 bits per heavy atom. The lowest BCUT2D eigenvalue weighted by molar-refractivity contribution is -0.141. The van der Waals surface area contributed by atoms with E-state index in [0.717, 1.165) is 22.3 Å². The first-order chi connectivity index (χ1) is 18.2. The van der Waals surface area contributed by atoms with Crippen molar-refractivity contribution in [1.29, 1.82) is 0 Å². The number of carbonyl (C=O) groups excluding carboxylic acids is 1. The molecular weight excluding hydrogens is 470 g/mol. The summed E-state index contributed by atoms with van der Waals surface area (Å²) in [6.07, 6.45) is 0.276. The Morgan fingerprint density at radius 3 is 1.45 bits per heavy atom. The molecule has 2 N–H and O–H groups in total. The highest BCUT2D eigenvalue weighted by Crippen LogP contribution is 2.42. The van der Waals surface area contributed by atoms with Crippen LogP contribution in [0.5, 0.6) is 0 Å². The number of aliphatic carboxylic acids is 1. The van der Waals surface area contributed by atoms with E-state index in [-0.39, 0.29) is 24.2 Å². The minimum absolute atomic E-state index is 0.00852. The van der Waals surface area contributed by atoms with E-state index in [9.17, 15) is 14.7 Å². The number of nitrogens with one attached hydrogen (secondary N) is 1. The summed E-state index contributed by atoms with van der Waals surface area (Å²) in [5.41, 5.74) is 4.17. The number of amides is 1. The molecular formula is C34H35NO3. The molecule has 0 heterocycles. The van der Waals surface area contributed by atoms with E-state index in [1.807, 2.05) is 115 Å². The number of hydrogen-bond acceptors (Lipinski definition) is 2. The maximum absolute atomic E-state index is 13.7. The van der Waals surface area contributed by atoms with Crippen molar-refractivity contribution in [3.8, 4) is 0 Å². The predicted molar refractivity (Wildman–Crippen MR) is 152 cm³/mol. The molecule has 0 spiro atoms. The molecule has 0 aliphatic rings. The smallest absolute Gasteiger partial charge is 0.326 e. The normalized spacial score (nSPS) is 12.5. The molecule has 0 fully saturated rings. The van der Waals surface area contributed by atoms with Gasteiger partial charge in [-0.05, 0) is 33.2 Å². The molecule has 0 saturated heterocycles. The summed E-state index contributed by atoms with van der Waals surface area (Å²) in [5.74, 6) is -1.37. The van der Waals surface area contributed by atoms with Crippen molar-refractivity contribution in [2.45, 2.75) is 50.5 Å². The van der Waals surface area contributed by atoms with Crippen molar-refractivity contribution in [2.24, 2.45) is 0 Å². The molecule has 0 aromatic heterocycles. The zero-order valence-corrected chi connectivity index (χ0v) is 22.2. The zero-order chi connectivity index (χ0) is 27.2. The predicted octanol–water partition coefficient (Wildman–Crippen LogP) is 6.52. The van der Waals surface area contributed by atoms with Crippen LogP contribution < -0.4 is 5.32 Å². The van der Waals surface area contributed by atoms with Crippen LogP contribution in [0.2, 0.25) is 0 Å². The van der Waals surface area contributed by atoms with Crippen LogP contribution in [0.4, 0.5) is 0 Å². The second kappa shape index (κ2) is 11.5. The van der Waals surface area contributed by atoms with Gasteiger partial charge in [0.15, 0.2) is 0 Å². The molecule has 0 aliphatic heterocycles. The Kier molecular flexibility index (Phi) is 8.11. The number of carbonyl (C=O) groups is 2. The molecule has 0 radical (unpaired) electrons. The molecule has 0 aliphatic carbocycles. The molecule has 1 amide bonds. The Bertz CT molecular complexity index is 1250. The van der Waals surface area contributed by atoms with Gasteiger partial charge in [0.05, 0.1) is 5.41 Å². The van der Waals surface area contributed by atoms with E-state index in [0.29, 0.717) is 0 Å². The summed E-state index contributed by atoms with van der Waals surface area (Å²) in [5, 5.41) is 12.8. The van der Waals surface area contributed by atoms with E-state index >= 15 is 0 Å². The average Bonchev–Trinajstić information content (AvgIpc) is 2.92. The number of benzene rings is 4. The van der Waals surface area contributed by atoms with Gasteiger partial charge in [-0.1, -0.05) is 136 Å². The highest BCUT2D eigenvalue weighted by atomic mass is 16.4. The lowest BCUT2D eigenvalue weighted by atomic mass is 9.67. The van der Waals surface area contributed by atoms with Gasteiger partial charge in [0.1, 0.15) is 6.04 Å². The molecule has 0 saturated carbocycles. The van der Waals surface area contributed by atoms with Gasteiger partial charge in [-0.15, -0.1) is 0 Å². The van der Waals surface area contributed by atoms with Crippen molar-refractivity contribution >= 4 is 11.9 Å². The van der Waals surface area contributed by atoms with Gasteiger partial charge in [-0.3, -0.25) is 4.79 Å². The monoisotopic (exact) mass is 505 g/mol. The molecule has 1 atom stereocenters. The molecule has 4 rings (SSSR count). The van der Waals surface area contributed by atoms with Gasteiger partial charge in [-0.2, -0.15) is 0 Å². The van der Waals surface area contributed by atoms with Gasteiger partial charge >= 0.3 is 5.97 Å². The Morgan fingerprint density at radius 2 is 1.08 bits per heavy atom. The summed E-state index contributed by atoms with van der Waals surface area (Å²) in [6, 6.07) is 36.7. The second-order valence-corrected chi connectivity index (χ2v) is 10.8. The van der Waals surface area contributed by atoms with E-state index < -0.39 is 17.4 Å². The molecule has 194 valence electrons. The lowest BCUT2D eigenvalue weighted by Gasteiger charge is -2.36. The number of carboxylic acids is 1. The molecule has 4 heteroatoms. The number of hydrogen-bond donors (Lipinski definition) is 2. The van der Waals surface area contributed by atoms with Crippen molar-refractivity contribution in [1.82, 2.24) is 5.32 Å². The SMILES string of the molecule is CC(C)(C)c1ccc(C[C@H](NC(=O)CC(c2ccccc2)(c2ccccc2)c2ccccc2)C(=O)O)cc1. The number of carboxylic acid groups (broad SMARTS) is 1.